The van der Waals surface area contributed by atoms with Gasteiger partial charge >= 0.3 is 5.97 Å². The van der Waals surface area contributed by atoms with Crippen molar-refractivity contribution in [2.24, 2.45) is 5.92 Å². The van der Waals surface area contributed by atoms with Crippen LogP contribution in [0.1, 0.15) is 39.0 Å². The zero-order valence-corrected chi connectivity index (χ0v) is 15.1. The fourth-order valence-electron chi connectivity index (χ4n) is 3.63. The van der Waals surface area contributed by atoms with Crippen LogP contribution in [0.4, 0.5) is 0 Å². The molecular weight excluding hydrogens is 324 g/mol. The van der Waals surface area contributed by atoms with E-state index in [9.17, 15) is 19.5 Å². The molecule has 1 saturated carbocycles. The molecule has 3 atom stereocenters. The molecule has 1 aliphatic carbocycles. The first kappa shape index (κ1) is 19.7. The van der Waals surface area contributed by atoms with Gasteiger partial charge in [0.05, 0.1) is 6.04 Å². The van der Waals surface area contributed by atoms with Crippen molar-refractivity contribution in [3.05, 3.63) is 0 Å². The third-order valence-electron chi connectivity index (χ3n) is 5.32. The number of rotatable bonds is 6. The molecule has 2 fully saturated rings. The molecule has 2 rings (SSSR count). The van der Waals surface area contributed by atoms with Gasteiger partial charge < -0.3 is 26.0 Å². The van der Waals surface area contributed by atoms with E-state index in [0.717, 1.165) is 32.1 Å². The molecule has 2 amide bonds. The van der Waals surface area contributed by atoms with Crippen molar-refractivity contribution in [3.8, 4) is 0 Å². The largest absolute Gasteiger partial charge is 0.480 e. The lowest BCUT2D eigenvalue weighted by atomic mass is 9.83. The van der Waals surface area contributed by atoms with Crippen LogP contribution in [-0.2, 0) is 14.4 Å². The van der Waals surface area contributed by atoms with Crippen LogP contribution < -0.4 is 16.0 Å². The van der Waals surface area contributed by atoms with Crippen molar-refractivity contribution >= 4 is 17.8 Å². The van der Waals surface area contributed by atoms with Crippen molar-refractivity contribution in [2.75, 3.05) is 26.7 Å². The van der Waals surface area contributed by atoms with Gasteiger partial charge in [0.1, 0.15) is 12.1 Å². The molecule has 1 saturated heterocycles. The highest BCUT2D eigenvalue weighted by Gasteiger charge is 2.39. The Bertz CT molecular complexity index is 493. The molecule has 2 unspecified atom stereocenters. The maximum absolute atomic E-state index is 13.2. The van der Waals surface area contributed by atoms with Crippen molar-refractivity contribution in [1.82, 2.24) is 20.9 Å². The summed E-state index contributed by atoms with van der Waals surface area (Å²) >= 11 is 0. The van der Waals surface area contributed by atoms with Gasteiger partial charge in [0.15, 0.2) is 0 Å². The summed E-state index contributed by atoms with van der Waals surface area (Å²) in [6, 6.07) is -1.94. The maximum Gasteiger partial charge on any atom is 0.327 e. The molecule has 25 heavy (non-hydrogen) atoms. The number of carboxylic acid groups (broad SMARTS) is 1. The molecule has 0 radical (unpaired) electrons. The Morgan fingerprint density at radius 3 is 2.48 bits per heavy atom. The van der Waals surface area contributed by atoms with Crippen LogP contribution in [0.2, 0.25) is 0 Å². The number of hydrogen-bond acceptors (Lipinski definition) is 5. The van der Waals surface area contributed by atoms with E-state index < -0.39 is 24.1 Å². The van der Waals surface area contributed by atoms with Gasteiger partial charge in [-0.05, 0) is 32.7 Å². The Labute approximate surface area is 148 Å². The average Bonchev–Trinajstić information content (AvgIpc) is 2.65. The van der Waals surface area contributed by atoms with Gasteiger partial charge in [-0.25, -0.2) is 4.79 Å². The molecule has 142 valence electrons. The highest BCUT2D eigenvalue weighted by molar-refractivity contribution is 5.92. The Morgan fingerprint density at radius 1 is 1.20 bits per heavy atom. The van der Waals surface area contributed by atoms with E-state index in [1.165, 1.54) is 4.90 Å². The first-order chi connectivity index (χ1) is 12.0. The van der Waals surface area contributed by atoms with Crippen LogP contribution in [0.3, 0.4) is 0 Å². The molecule has 1 heterocycles. The summed E-state index contributed by atoms with van der Waals surface area (Å²) in [6.07, 6.45) is 4.98. The van der Waals surface area contributed by atoms with Crippen LogP contribution in [0, 0.1) is 5.92 Å². The number of carbonyl (C=O) groups is 3. The topological polar surface area (TPSA) is 111 Å². The third kappa shape index (κ3) is 4.92. The van der Waals surface area contributed by atoms with E-state index in [2.05, 4.69) is 16.0 Å². The number of carbonyl (C=O) groups excluding carboxylic acids is 2. The fraction of sp³-hybridized carbons (Fsp3) is 0.824. The summed E-state index contributed by atoms with van der Waals surface area (Å²) in [6.45, 7) is 2.88. The van der Waals surface area contributed by atoms with Gasteiger partial charge in [-0.1, -0.05) is 19.3 Å². The van der Waals surface area contributed by atoms with Crippen LogP contribution >= 0.6 is 0 Å². The lowest BCUT2D eigenvalue weighted by Gasteiger charge is -2.39. The molecule has 0 aromatic carbocycles. The van der Waals surface area contributed by atoms with E-state index >= 15 is 0 Å². The summed E-state index contributed by atoms with van der Waals surface area (Å²) in [4.78, 5) is 38.4. The zero-order valence-electron chi connectivity index (χ0n) is 15.1. The number of likely N-dealkylation sites (N-methyl/N-ethyl adjacent to an activating group) is 1. The van der Waals surface area contributed by atoms with Crippen molar-refractivity contribution in [2.45, 2.75) is 57.2 Å². The Hall–Kier alpha value is -1.67. The Balaban J connectivity index is 2.18. The third-order valence-corrected chi connectivity index (χ3v) is 5.32. The second kappa shape index (κ2) is 9.15. The predicted molar refractivity (Wildman–Crippen MR) is 93.0 cm³/mol. The number of piperazine rings is 1. The van der Waals surface area contributed by atoms with Crippen molar-refractivity contribution in [1.29, 1.82) is 0 Å². The molecule has 0 spiro atoms. The molecule has 8 heteroatoms. The van der Waals surface area contributed by atoms with Crippen molar-refractivity contribution < 1.29 is 19.5 Å². The molecule has 0 aromatic rings. The first-order valence-electron chi connectivity index (χ1n) is 9.17. The van der Waals surface area contributed by atoms with Crippen LogP contribution in [0.25, 0.3) is 0 Å². The summed E-state index contributed by atoms with van der Waals surface area (Å²) < 4.78 is 0. The van der Waals surface area contributed by atoms with E-state index in [0.29, 0.717) is 13.1 Å². The van der Waals surface area contributed by atoms with Gasteiger partial charge in [0, 0.05) is 19.6 Å². The van der Waals surface area contributed by atoms with Gasteiger partial charge in [-0.15, -0.1) is 0 Å². The standard InChI is InChI=1S/C17H30N4O4/c1-11(18-2)15(22)20-14(12-6-4-3-5-7-12)16(23)21-9-8-19-10-13(21)17(24)25/h11-14,18-19H,3-10H2,1-2H3,(H,20,22)(H,24,25)/t11?,13-,14?/m0/s1. The minimum Gasteiger partial charge on any atom is -0.480 e. The molecule has 0 aromatic heterocycles. The molecule has 0 bridgehead atoms. The Kier molecular flexibility index (Phi) is 7.19. The minimum absolute atomic E-state index is 0.0681. The summed E-state index contributed by atoms with van der Waals surface area (Å²) in [5, 5.41) is 18.2. The van der Waals surface area contributed by atoms with E-state index in [4.69, 9.17) is 0 Å². The lowest BCUT2D eigenvalue weighted by molar-refractivity contribution is -0.153. The second-order valence-electron chi connectivity index (χ2n) is 6.98. The van der Waals surface area contributed by atoms with Crippen LogP contribution in [-0.4, -0.2) is 72.6 Å². The smallest absolute Gasteiger partial charge is 0.327 e. The second-order valence-corrected chi connectivity index (χ2v) is 6.98. The number of nitrogens with one attached hydrogen (secondary N) is 3. The van der Waals surface area contributed by atoms with E-state index in [-0.39, 0.29) is 24.3 Å². The number of amides is 2. The number of hydrogen-bond donors (Lipinski definition) is 4. The number of carboxylic acids is 1. The molecule has 2 aliphatic rings. The predicted octanol–water partition coefficient (Wildman–Crippen LogP) is -0.456. The summed E-state index contributed by atoms with van der Waals surface area (Å²) in [5.74, 6) is -1.44. The molecular formula is C17H30N4O4. The normalized spacial score (nSPS) is 24.4. The van der Waals surface area contributed by atoms with Gasteiger partial charge in [-0.2, -0.15) is 0 Å². The average molecular weight is 354 g/mol. The fourth-order valence-corrected chi connectivity index (χ4v) is 3.63. The van der Waals surface area contributed by atoms with Gasteiger partial charge in [0.2, 0.25) is 11.8 Å². The van der Waals surface area contributed by atoms with Gasteiger partial charge in [0.25, 0.3) is 0 Å². The van der Waals surface area contributed by atoms with Crippen LogP contribution in [0.15, 0.2) is 0 Å². The monoisotopic (exact) mass is 354 g/mol. The summed E-state index contributed by atoms with van der Waals surface area (Å²) in [5.41, 5.74) is 0. The molecule has 4 N–H and O–H groups in total. The lowest BCUT2D eigenvalue weighted by Crippen LogP contribution is -2.63. The van der Waals surface area contributed by atoms with Crippen LogP contribution in [0.5, 0.6) is 0 Å². The summed E-state index contributed by atoms with van der Waals surface area (Å²) in [7, 11) is 1.69. The quantitative estimate of drug-likeness (QED) is 0.514. The SMILES string of the molecule is CNC(C)C(=O)NC(C(=O)N1CCNC[C@H]1C(=O)O)C1CCCCC1. The van der Waals surface area contributed by atoms with E-state index in [1.54, 1.807) is 14.0 Å². The molecule has 1 aliphatic heterocycles. The number of nitrogens with zero attached hydrogens (tertiary/aromatic N) is 1. The van der Waals surface area contributed by atoms with Crippen molar-refractivity contribution in [3.63, 3.8) is 0 Å². The Morgan fingerprint density at radius 2 is 1.88 bits per heavy atom. The number of aliphatic carboxylic acids is 1. The zero-order chi connectivity index (χ0) is 18.4. The highest BCUT2D eigenvalue weighted by atomic mass is 16.4. The van der Waals surface area contributed by atoms with E-state index in [1.807, 2.05) is 0 Å². The molecule has 8 nitrogen and oxygen atoms in total. The maximum atomic E-state index is 13.2. The van der Waals surface area contributed by atoms with Gasteiger partial charge in [-0.3, -0.25) is 9.59 Å². The highest BCUT2D eigenvalue weighted by Crippen LogP contribution is 2.28. The minimum atomic E-state index is -1.02. The first-order valence-corrected chi connectivity index (χ1v) is 9.17.